The van der Waals surface area contributed by atoms with Crippen LogP contribution in [-0.2, 0) is 69.1 Å². The number of rotatable bonds is 12. The van der Waals surface area contributed by atoms with E-state index in [4.69, 9.17) is 21.0 Å². The lowest BCUT2D eigenvalue weighted by Gasteiger charge is -2.32. The molecule has 4 bridgehead atoms. The highest BCUT2D eigenvalue weighted by Crippen LogP contribution is 2.28. The molecule has 4 aliphatic rings. The lowest BCUT2D eigenvalue weighted by molar-refractivity contribution is -0.144. The van der Waals surface area contributed by atoms with Crippen molar-refractivity contribution >= 4 is 94.8 Å². The van der Waals surface area contributed by atoms with Crippen molar-refractivity contribution in [1.82, 2.24) is 47.0 Å². The number of nitrogens with one attached hydrogen (secondary N) is 7. The first kappa shape index (κ1) is 70.0. The number of carboxylic acids is 1. The van der Waals surface area contributed by atoms with E-state index in [1.165, 1.54) is 33.3 Å². The van der Waals surface area contributed by atoms with E-state index in [0.29, 0.717) is 63.2 Å². The molecule has 478 valence electrons. The van der Waals surface area contributed by atoms with Gasteiger partial charge in [0.2, 0.25) is 53.2 Å². The highest BCUT2D eigenvalue weighted by Gasteiger charge is 2.43. The lowest BCUT2D eigenvalue weighted by atomic mass is 10.00. The zero-order valence-electron chi connectivity index (χ0n) is 49.6. The van der Waals surface area contributed by atoms with Crippen LogP contribution in [0.5, 0.6) is 5.75 Å². The second-order valence-corrected chi connectivity index (χ2v) is 24.8. The van der Waals surface area contributed by atoms with Crippen LogP contribution in [0.3, 0.4) is 0 Å². The summed E-state index contributed by atoms with van der Waals surface area (Å²) in [6.07, 6.45) is 4.80. The second kappa shape index (κ2) is 35.8. The molecule has 0 saturated carbocycles. The average molecular weight is 1250 g/mol. The van der Waals surface area contributed by atoms with E-state index in [9.17, 15) is 58.2 Å². The number of carboxylic acid groups (broad SMARTS) is 1. The fourth-order valence-electron chi connectivity index (χ4n) is 10.4. The maximum absolute atomic E-state index is 15.0. The molecular formula is C57H88N12O15S2. The monoisotopic (exact) mass is 1240 g/mol. The number of aliphatic hydroxyl groups is 1. The van der Waals surface area contributed by atoms with E-state index in [1.54, 1.807) is 27.7 Å². The van der Waals surface area contributed by atoms with E-state index >= 15 is 4.79 Å². The number of thioether (sulfide) groups is 2. The minimum atomic E-state index is -1.78. The number of oxime groups is 1. The summed E-state index contributed by atoms with van der Waals surface area (Å²) in [6.45, 7) is 7.30. The van der Waals surface area contributed by atoms with E-state index in [-0.39, 0.29) is 75.0 Å². The molecule has 27 nitrogen and oxygen atoms in total. The third-order valence-corrected chi connectivity index (χ3v) is 17.2. The van der Waals surface area contributed by atoms with Gasteiger partial charge >= 0.3 is 5.97 Å². The first-order valence-corrected chi connectivity index (χ1v) is 32.0. The minimum Gasteiger partial charge on any atom is -0.494 e. The number of nitrogens with two attached hydrogens (primary N) is 2. The normalized spacial score (nSPS) is 26.9. The van der Waals surface area contributed by atoms with Crippen LogP contribution >= 0.6 is 23.5 Å². The molecule has 2 saturated heterocycles. The lowest BCUT2D eigenvalue weighted by Crippen LogP contribution is -2.61. The van der Waals surface area contributed by atoms with Crippen molar-refractivity contribution in [2.24, 2.45) is 28.5 Å². The van der Waals surface area contributed by atoms with Gasteiger partial charge in [-0.15, -0.1) is 0 Å². The number of carbonyl (C=O) groups excluding carboxylic acids is 10. The van der Waals surface area contributed by atoms with Gasteiger partial charge < -0.3 is 78.3 Å². The van der Waals surface area contributed by atoms with Gasteiger partial charge in [-0.1, -0.05) is 38.9 Å². The first-order valence-electron chi connectivity index (χ1n) is 29.7. The fraction of sp³-hybridized carbons (Fsp3) is 0.684. The van der Waals surface area contributed by atoms with E-state index < -0.39 is 138 Å². The van der Waals surface area contributed by atoms with Crippen LogP contribution in [0.4, 0.5) is 0 Å². The Morgan fingerprint density at radius 2 is 1.23 bits per heavy atom. The number of hydrogen-bond acceptors (Lipinski definition) is 18. The molecule has 2 fully saturated rings. The molecule has 4 aliphatic heterocycles. The Kier molecular flexibility index (Phi) is 29.2. The summed E-state index contributed by atoms with van der Waals surface area (Å²) in [6, 6.07) is -6.21. The number of carbonyl (C=O) groups is 11. The zero-order chi connectivity index (χ0) is 62.9. The number of ether oxygens (including phenoxy) is 1. The summed E-state index contributed by atoms with van der Waals surface area (Å²) in [4.78, 5) is 161. The predicted molar refractivity (Wildman–Crippen MR) is 321 cm³/mol. The van der Waals surface area contributed by atoms with Crippen LogP contribution in [-0.4, -0.2) is 197 Å². The first-order chi connectivity index (χ1) is 41.1. The smallest absolute Gasteiger partial charge is 0.305 e. The van der Waals surface area contributed by atoms with Crippen molar-refractivity contribution in [3.8, 4) is 5.75 Å². The van der Waals surface area contributed by atoms with Crippen molar-refractivity contribution < 1.29 is 72.5 Å². The van der Waals surface area contributed by atoms with Gasteiger partial charge in [0.1, 0.15) is 72.9 Å². The quantitative estimate of drug-likeness (QED) is 0.119. The Morgan fingerprint density at radius 1 is 0.663 bits per heavy atom. The molecule has 0 radical (unpaired) electrons. The molecule has 1 aromatic rings. The van der Waals surface area contributed by atoms with Gasteiger partial charge in [-0.3, -0.25) is 52.7 Å². The molecule has 29 heteroatoms. The number of amides is 10. The average Bonchev–Trinajstić information content (AvgIpc) is 2.19. The van der Waals surface area contributed by atoms with Crippen LogP contribution in [0.15, 0.2) is 23.4 Å². The van der Waals surface area contributed by atoms with Crippen LogP contribution in [0, 0.1) is 11.8 Å². The number of unbranched alkanes of at least 4 members (excludes halogenated alkanes) is 1. The number of fused-ring (bicyclic) bond motifs is 7. The van der Waals surface area contributed by atoms with Crippen molar-refractivity contribution in [2.45, 2.75) is 183 Å². The Hall–Kier alpha value is -6.72. The van der Waals surface area contributed by atoms with E-state index in [2.05, 4.69) is 42.4 Å². The number of benzene rings is 1. The third-order valence-electron chi connectivity index (χ3n) is 14.9. The molecular weight excluding hydrogens is 1160 g/mol. The van der Waals surface area contributed by atoms with Gasteiger partial charge in [0.25, 0.3) is 5.91 Å². The second-order valence-electron chi connectivity index (χ2n) is 22.7. The van der Waals surface area contributed by atoms with Gasteiger partial charge in [0, 0.05) is 42.7 Å². The highest BCUT2D eigenvalue weighted by atomic mass is 32.2. The Labute approximate surface area is 510 Å². The molecule has 1 aromatic carbocycles. The maximum atomic E-state index is 15.0. The number of aliphatic hydroxyl groups excluding tert-OH is 1. The zero-order valence-corrected chi connectivity index (χ0v) is 51.3. The van der Waals surface area contributed by atoms with Crippen LogP contribution < -0.4 is 53.4 Å². The van der Waals surface area contributed by atoms with Gasteiger partial charge in [-0.25, -0.2) is 0 Å². The number of primary amides is 1. The summed E-state index contributed by atoms with van der Waals surface area (Å²) >= 11 is 2.57. The molecule has 4 heterocycles. The summed E-state index contributed by atoms with van der Waals surface area (Å²) in [7, 11) is 0. The van der Waals surface area contributed by atoms with Crippen molar-refractivity contribution in [3.63, 3.8) is 0 Å². The number of aliphatic carboxylic acids is 1. The van der Waals surface area contributed by atoms with Gasteiger partial charge in [-0.2, -0.15) is 23.5 Å². The number of hydrogen-bond donors (Lipinski definition) is 11. The molecule has 0 spiro atoms. The predicted octanol–water partition coefficient (Wildman–Crippen LogP) is -0.329. The van der Waals surface area contributed by atoms with Gasteiger partial charge in [0.05, 0.1) is 13.0 Å². The van der Waals surface area contributed by atoms with Crippen LogP contribution in [0.2, 0.25) is 0 Å². The standard InChI is InChI=1S/C57H88N12O15S2/c1-33(2)23-40-52(77)63-41(27-47(72)73)53(78)67-48(34(3)4)57(82)69-19-12-15-45(69)54(79)62-39(16-20-70)51(76)65-42(49(59)74)31-85-29-35-24-36-26-37(25-35)83-21-9-5-6-10-22-84-60-28-46(71)61-38(13-7-8-17-58)50(75)66-43(32-86-30-36)56(81)68-18-11-14-44(68)55(80)64-40/h24-26,28,33-34,38-45,48,70H,5-23,27,29-32,58H2,1-4H3,(H2,59,74)(H,61,71)(H,62,79)(H,63,77)(H,64,80)(H,65,76)(H,66,75)(H,67,78)(H,72,73)/b60-28+/t38-,39-,40-,41-,42-,43-,44-,45-,48-/m0/s1. The fourth-order valence-corrected chi connectivity index (χ4v) is 12.4. The van der Waals surface area contributed by atoms with E-state index in [1.807, 2.05) is 18.2 Å². The Morgan fingerprint density at radius 3 is 1.84 bits per heavy atom. The summed E-state index contributed by atoms with van der Waals surface area (Å²) in [5, 5.41) is 42.4. The van der Waals surface area contributed by atoms with Crippen molar-refractivity contribution in [2.75, 3.05) is 51.0 Å². The Bertz CT molecular complexity index is 2560. The highest BCUT2D eigenvalue weighted by molar-refractivity contribution is 7.98. The summed E-state index contributed by atoms with van der Waals surface area (Å²) in [5.41, 5.74) is 13.2. The summed E-state index contributed by atoms with van der Waals surface area (Å²) in [5.74, 6) is -9.18. The van der Waals surface area contributed by atoms with Gasteiger partial charge in [0.15, 0.2) is 0 Å². The van der Waals surface area contributed by atoms with E-state index in [0.717, 1.165) is 30.2 Å². The molecule has 0 unspecified atom stereocenters. The van der Waals surface area contributed by atoms with Crippen LogP contribution in [0.25, 0.3) is 0 Å². The van der Waals surface area contributed by atoms with Crippen molar-refractivity contribution in [3.05, 3.63) is 29.3 Å². The maximum Gasteiger partial charge on any atom is 0.305 e. The molecule has 13 N–H and O–H groups in total. The number of nitrogens with zero attached hydrogens (tertiary/aromatic N) is 3. The largest absolute Gasteiger partial charge is 0.494 e. The molecule has 5 rings (SSSR count). The molecule has 10 amide bonds. The van der Waals surface area contributed by atoms with Crippen molar-refractivity contribution in [1.29, 1.82) is 0 Å². The SMILES string of the molecule is CC(C)C[C@@H]1NC(=O)[C@@H]2CCCN2C(=O)[C@@H]2CSCc3cc(cc(c3)OCCCCCCO/N=C/C(=O)N[C@@H](CCCCN)C(=O)N2)CSC[C@@H](C(N)=O)NC(=O)[C@H](CCO)NC(=O)[C@@H]2CCCN2C(=O)[C@H](C(C)C)NC(=O)[C@H](CC(=O)O)NC1=O. The summed E-state index contributed by atoms with van der Waals surface area (Å²) < 4.78 is 6.27. The minimum absolute atomic E-state index is 0.00771. The molecule has 9 atom stereocenters. The topological polar surface area (TPSA) is 402 Å². The van der Waals surface area contributed by atoms with Crippen LogP contribution in [0.1, 0.15) is 129 Å². The van der Waals surface area contributed by atoms with Gasteiger partial charge in [-0.05, 0) is 125 Å². The molecule has 0 aromatic heterocycles. The third kappa shape index (κ3) is 22.2. The molecule has 0 aliphatic carbocycles. The molecule has 86 heavy (non-hydrogen) atoms. The Balaban J connectivity index is 1.56.